The normalized spacial score (nSPS) is 18.1. The van der Waals surface area contributed by atoms with Crippen LogP contribution in [0.2, 0.25) is 0 Å². The van der Waals surface area contributed by atoms with E-state index in [1.807, 2.05) is 0 Å². The van der Waals surface area contributed by atoms with E-state index in [1.54, 1.807) is 0 Å². The van der Waals surface area contributed by atoms with Crippen molar-refractivity contribution in [2.24, 2.45) is 5.73 Å². The lowest BCUT2D eigenvalue weighted by molar-refractivity contribution is 0.104. The highest BCUT2D eigenvalue weighted by atomic mass is 15.3. The molecule has 0 radical (unpaired) electrons. The van der Waals surface area contributed by atoms with Gasteiger partial charge < -0.3 is 5.73 Å². The predicted octanol–water partition coefficient (Wildman–Crippen LogP) is 1.71. The van der Waals surface area contributed by atoms with Crippen molar-refractivity contribution in [1.82, 2.24) is 9.80 Å². The number of nitrogens with two attached hydrogens (primary N) is 1. The summed E-state index contributed by atoms with van der Waals surface area (Å²) in [7, 11) is 0. The second-order valence-electron chi connectivity index (χ2n) is 5.76. The van der Waals surface area contributed by atoms with E-state index >= 15 is 0 Å². The Bertz CT molecular complexity index is 364. The molecular formula is C16H27N3. The molecule has 1 aliphatic rings. The molecular weight excluding hydrogens is 234 g/mol. The Hall–Kier alpha value is -0.900. The quantitative estimate of drug-likeness (QED) is 0.876. The summed E-state index contributed by atoms with van der Waals surface area (Å²) in [5.74, 6) is 0. The van der Waals surface area contributed by atoms with Crippen molar-refractivity contribution in [2.75, 3.05) is 32.7 Å². The maximum absolute atomic E-state index is 5.57. The molecule has 3 heteroatoms. The summed E-state index contributed by atoms with van der Waals surface area (Å²) in [6.45, 7) is 11.1. The van der Waals surface area contributed by atoms with Crippen molar-refractivity contribution in [3.63, 3.8) is 0 Å². The summed E-state index contributed by atoms with van der Waals surface area (Å²) >= 11 is 0. The molecule has 0 spiro atoms. The van der Waals surface area contributed by atoms with Crippen LogP contribution in [0.1, 0.15) is 25.0 Å². The Balaban J connectivity index is 1.82. The van der Waals surface area contributed by atoms with Crippen LogP contribution in [0.4, 0.5) is 0 Å². The smallest absolute Gasteiger partial charge is 0.0234 e. The van der Waals surface area contributed by atoms with Gasteiger partial charge in [-0.2, -0.15) is 0 Å². The monoisotopic (exact) mass is 261 g/mol. The molecule has 1 aromatic rings. The molecule has 1 saturated heterocycles. The van der Waals surface area contributed by atoms with Gasteiger partial charge in [0.1, 0.15) is 0 Å². The van der Waals surface area contributed by atoms with Crippen LogP contribution in [0.3, 0.4) is 0 Å². The lowest BCUT2D eigenvalue weighted by atomic mass is 10.1. The molecule has 2 N–H and O–H groups in total. The Morgan fingerprint density at radius 3 is 2.11 bits per heavy atom. The lowest BCUT2D eigenvalue weighted by Crippen LogP contribution is -2.48. The molecule has 19 heavy (non-hydrogen) atoms. The minimum Gasteiger partial charge on any atom is -0.330 e. The third-order valence-electron chi connectivity index (χ3n) is 4.00. The van der Waals surface area contributed by atoms with Crippen LogP contribution in [0.5, 0.6) is 0 Å². The summed E-state index contributed by atoms with van der Waals surface area (Å²) < 4.78 is 0. The van der Waals surface area contributed by atoms with Gasteiger partial charge in [0.15, 0.2) is 0 Å². The molecule has 1 aliphatic heterocycles. The van der Waals surface area contributed by atoms with Gasteiger partial charge in [-0.05, 0) is 37.9 Å². The maximum atomic E-state index is 5.57. The number of nitrogens with zero attached hydrogens (tertiary/aromatic N) is 2. The molecule has 1 fully saturated rings. The molecule has 106 valence electrons. The van der Waals surface area contributed by atoms with E-state index in [1.165, 1.54) is 37.3 Å². The second-order valence-corrected chi connectivity index (χ2v) is 5.76. The molecule has 0 aromatic heterocycles. The number of benzene rings is 1. The summed E-state index contributed by atoms with van der Waals surface area (Å²) in [4.78, 5) is 5.11. The zero-order chi connectivity index (χ0) is 13.7. The molecule has 0 atom stereocenters. The van der Waals surface area contributed by atoms with E-state index < -0.39 is 0 Å². The van der Waals surface area contributed by atoms with Crippen molar-refractivity contribution in [2.45, 2.75) is 32.9 Å². The van der Waals surface area contributed by atoms with Gasteiger partial charge in [0.2, 0.25) is 0 Å². The topological polar surface area (TPSA) is 32.5 Å². The summed E-state index contributed by atoms with van der Waals surface area (Å²) in [5.41, 5.74) is 8.33. The van der Waals surface area contributed by atoms with Gasteiger partial charge in [0.05, 0.1) is 0 Å². The molecule has 2 rings (SSSR count). The molecule has 3 nitrogen and oxygen atoms in total. The summed E-state index contributed by atoms with van der Waals surface area (Å²) in [5, 5.41) is 0. The lowest BCUT2D eigenvalue weighted by Gasteiger charge is -2.36. The molecule has 0 aliphatic carbocycles. The SMILES string of the molecule is CC(C)N1CCN(Cc2ccc(CCN)cc2)CC1. The van der Waals surface area contributed by atoms with E-state index in [2.05, 4.69) is 47.9 Å². The van der Waals surface area contributed by atoms with Gasteiger partial charge in [0, 0.05) is 38.8 Å². The van der Waals surface area contributed by atoms with Crippen molar-refractivity contribution in [1.29, 1.82) is 0 Å². The third kappa shape index (κ3) is 4.30. The van der Waals surface area contributed by atoms with Gasteiger partial charge in [-0.25, -0.2) is 0 Å². The van der Waals surface area contributed by atoms with Crippen molar-refractivity contribution < 1.29 is 0 Å². The first-order chi connectivity index (χ1) is 9.19. The number of hydrogen-bond acceptors (Lipinski definition) is 3. The Morgan fingerprint density at radius 2 is 1.58 bits per heavy atom. The number of piperazine rings is 1. The van der Waals surface area contributed by atoms with E-state index in [0.717, 1.165) is 19.5 Å². The fourth-order valence-corrected chi connectivity index (χ4v) is 2.67. The van der Waals surface area contributed by atoms with Crippen LogP contribution >= 0.6 is 0 Å². The molecule has 1 aromatic carbocycles. The van der Waals surface area contributed by atoms with E-state index in [4.69, 9.17) is 5.73 Å². The summed E-state index contributed by atoms with van der Waals surface area (Å²) in [6, 6.07) is 9.61. The first-order valence-corrected chi connectivity index (χ1v) is 7.43. The van der Waals surface area contributed by atoms with Crippen molar-refractivity contribution in [3.8, 4) is 0 Å². The fourth-order valence-electron chi connectivity index (χ4n) is 2.67. The highest BCUT2D eigenvalue weighted by Crippen LogP contribution is 2.11. The number of hydrogen-bond donors (Lipinski definition) is 1. The second kappa shape index (κ2) is 7.04. The molecule has 0 saturated carbocycles. The molecule has 0 amide bonds. The van der Waals surface area contributed by atoms with Crippen LogP contribution < -0.4 is 5.73 Å². The molecule has 1 heterocycles. The largest absolute Gasteiger partial charge is 0.330 e. The van der Waals surface area contributed by atoms with Gasteiger partial charge in [0.25, 0.3) is 0 Å². The maximum Gasteiger partial charge on any atom is 0.0234 e. The highest BCUT2D eigenvalue weighted by molar-refractivity contribution is 5.22. The Labute approximate surface area is 117 Å². The van der Waals surface area contributed by atoms with Gasteiger partial charge >= 0.3 is 0 Å². The average molecular weight is 261 g/mol. The van der Waals surface area contributed by atoms with Gasteiger partial charge in [-0.1, -0.05) is 24.3 Å². The summed E-state index contributed by atoms with van der Waals surface area (Å²) in [6.07, 6.45) is 0.980. The third-order valence-corrected chi connectivity index (χ3v) is 4.00. The van der Waals surface area contributed by atoms with E-state index in [9.17, 15) is 0 Å². The Morgan fingerprint density at radius 1 is 1.00 bits per heavy atom. The minimum absolute atomic E-state index is 0.678. The first-order valence-electron chi connectivity index (χ1n) is 7.43. The molecule has 0 unspecified atom stereocenters. The predicted molar refractivity (Wildman–Crippen MR) is 81.2 cm³/mol. The highest BCUT2D eigenvalue weighted by Gasteiger charge is 2.18. The van der Waals surface area contributed by atoms with Crippen LogP contribution in [0.15, 0.2) is 24.3 Å². The zero-order valence-electron chi connectivity index (χ0n) is 12.3. The van der Waals surface area contributed by atoms with Crippen molar-refractivity contribution >= 4 is 0 Å². The van der Waals surface area contributed by atoms with Gasteiger partial charge in [-0.3, -0.25) is 9.80 Å². The zero-order valence-corrected chi connectivity index (χ0v) is 12.3. The van der Waals surface area contributed by atoms with Crippen LogP contribution in [0, 0.1) is 0 Å². The van der Waals surface area contributed by atoms with E-state index in [-0.39, 0.29) is 0 Å². The molecule has 0 bridgehead atoms. The average Bonchev–Trinajstić information content (AvgIpc) is 2.42. The van der Waals surface area contributed by atoms with Crippen LogP contribution in [-0.2, 0) is 13.0 Å². The Kier molecular flexibility index (Phi) is 5.37. The number of rotatable bonds is 5. The van der Waals surface area contributed by atoms with Crippen molar-refractivity contribution in [3.05, 3.63) is 35.4 Å². The first kappa shape index (κ1) is 14.5. The van der Waals surface area contributed by atoms with Gasteiger partial charge in [-0.15, -0.1) is 0 Å². The fraction of sp³-hybridized carbons (Fsp3) is 0.625. The minimum atomic E-state index is 0.678. The van der Waals surface area contributed by atoms with Crippen LogP contribution in [-0.4, -0.2) is 48.6 Å². The van der Waals surface area contributed by atoms with E-state index in [0.29, 0.717) is 6.04 Å². The van der Waals surface area contributed by atoms with Crippen LogP contribution in [0.25, 0.3) is 0 Å². The standard InChI is InChI=1S/C16H27N3/c1-14(2)19-11-9-18(10-12-19)13-16-5-3-15(4-6-16)7-8-17/h3-6,14H,7-13,17H2,1-2H3.